The smallest absolute Gasteiger partial charge is 0.372 e. The predicted molar refractivity (Wildman–Crippen MR) is 96.3 cm³/mol. The molecule has 1 fully saturated rings. The Balaban J connectivity index is 1.53. The number of likely N-dealkylation sites (tertiary alicyclic amines) is 1. The second-order valence-corrected chi connectivity index (χ2v) is 6.52. The van der Waals surface area contributed by atoms with Crippen LogP contribution in [-0.4, -0.2) is 30.1 Å². The number of anilines is 1. The first kappa shape index (κ1) is 19.2. The maximum absolute atomic E-state index is 12.8. The highest BCUT2D eigenvalue weighted by Crippen LogP contribution is 2.29. The monoisotopic (exact) mass is 378 g/mol. The molecule has 1 N–H and O–H groups in total. The van der Waals surface area contributed by atoms with Gasteiger partial charge in [0.05, 0.1) is 18.3 Å². The lowest BCUT2D eigenvalue weighted by Crippen LogP contribution is -2.45. The number of benzene rings is 2. The minimum absolute atomic E-state index is 0.0860. The van der Waals surface area contributed by atoms with Gasteiger partial charge in [0.25, 0.3) is 0 Å². The van der Waals surface area contributed by atoms with E-state index >= 15 is 0 Å². The SMILES string of the molecule is O=C(Nc1ccccc1)N1CCCC(OCc2cccc(C(F)(F)F)c2)C1. The van der Waals surface area contributed by atoms with Gasteiger partial charge in [0.15, 0.2) is 0 Å². The molecule has 2 aromatic carbocycles. The zero-order chi connectivity index (χ0) is 19.3. The minimum Gasteiger partial charge on any atom is -0.372 e. The van der Waals surface area contributed by atoms with E-state index in [4.69, 9.17) is 4.74 Å². The minimum atomic E-state index is -4.37. The Morgan fingerprint density at radius 2 is 1.93 bits per heavy atom. The van der Waals surface area contributed by atoms with Gasteiger partial charge in [-0.1, -0.05) is 30.3 Å². The number of amides is 2. The van der Waals surface area contributed by atoms with Crippen molar-refractivity contribution in [2.75, 3.05) is 18.4 Å². The molecule has 1 aliphatic heterocycles. The zero-order valence-electron chi connectivity index (χ0n) is 14.7. The average Bonchev–Trinajstić information content (AvgIpc) is 2.67. The molecule has 1 heterocycles. The van der Waals surface area contributed by atoms with Gasteiger partial charge in [-0.2, -0.15) is 13.2 Å². The lowest BCUT2D eigenvalue weighted by molar-refractivity contribution is -0.137. The van der Waals surface area contributed by atoms with Gasteiger partial charge in [0, 0.05) is 18.8 Å². The number of nitrogens with zero attached hydrogens (tertiary/aromatic N) is 1. The molecule has 1 unspecified atom stereocenters. The standard InChI is InChI=1S/C20H21F3N2O2/c21-20(22,23)16-7-4-6-15(12-16)14-27-18-10-5-11-25(13-18)19(26)24-17-8-2-1-3-9-17/h1-4,6-9,12,18H,5,10-11,13-14H2,(H,24,26). The number of carbonyl (C=O) groups is 1. The van der Waals surface area contributed by atoms with Crippen molar-refractivity contribution in [3.63, 3.8) is 0 Å². The summed E-state index contributed by atoms with van der Waals surface area (Å²) in [6.45, 7) is 1.13. The molecule has 0 spiro atoms. The molecular weight excluding hydrogens is 357 g/mol. The molecule has 0 radical (unpaired) electrons. The van der Waals surface area contributed by atoms with E-state index in [2.05, 4.69) is 5.32 Å². The van der Waals surface area contributed by atoms with Crippen LogP contribution in [0.1, 0.15) is 24.0 Å². The van der Waals surface area contributed by atoms with E-state index < -0.39 is 11.7 Å². The molecule has 144 valence electrons. The average molecular weight is 378 g/mol. The van der Waals surface area contributed by atoms with Crippen LogP contribution in [-0.2, 0) is 17.5 Å². The Bertz CT molecular complexity index is 765. The molecule has 0 aromatic heterocycles. The van der Waals surface area contributed by atoms with E-state index in [1.165, 1.54) is 6.07 Å². The molecule has 7 heteroatoms. The maximum atomic E-state index is 12.8. The number of carbonyl (C=O) groups excluding carboxylic acids is 1. The third-order valence-corrected chi connectivity index (χ3v) is 4.43. The number of ether oxygens (including phenoxy) is 1. The third kappa shape index (κ3) is 5.47. The summed E-state index contributed by atoms with van der Waals surface area (Å²) in [5.74, 6) is 0. The predicted octanol–water partition coefficient (Wildman–Crippen LogP) is 4.92. The number of alkyl halides is 3. The van der Waals surface area contributed by atoms with E-state index in [-0.39, 0.29) is 18.7 Å². The van der Waals surface area contributed by atoms with Crippen LogP contribution < -0.4 is 5.32 Å². The van der Waals surface area contributed by atoms with Crippen molar-refractivity contribution in [1.82, 2.24) is 4.90 Å². The second kappa shape index (κ2) is 8.43. The summed E-state index contributed by atoms with van der Waals surface area (Å²) in [6, 6.07) is 14.1. The highest BCUT2D eigenvalue weighted by atomic mass is 19.4. The summed E-state index contributed by atoms with van der Waals surface area (Å²) in [5, 5.41) is 2.84. The zero-order valence-corrected chi connectivity index (χ0v) is 14.7. The summed E-state index contributed by atoms with van der Waals surface area (Å²) >= 11 is 0. The molecule has 0 aliphatic carbocycles. The first-order chi connectivity index (χ1) is 12.9. The number of nitrogens with one attached hydrogen (secondary N) is 1. The topological polar surface area (TPSA) is 41.6 Å². The number of halogens is 3. The van der Waals surface area contributed by atoms with Crippen molar-refractivity contribution < 1.29 is 22.7 Å². The highest BCUT2D eigenvalue weighted by molar-refractivity contribution is 5.89. The Morgan fingerprint density at radius 3 is 2.67 bits per heavy atom. The van der Waals surface area contributed by atoms with E-state index in [0.717, 1.165) is 30.7 Å². The quantitative estimate of drug-likeness (QED) is 0.821. The van der Waals surface area contributed by atoms with Crippen LogP contribution in [0, 0.1) is 0 Å². The molecule has 4 nitrogen and oxygen atoms in total. The lowest BCUT2D eigenvalue weighted by atomic mass is 10.1. The van der Waals surface area contributed by atoms with Crippen molar-refractivity contribution in [2.45, 2.75) is 31.7 Å². The molecule has 1 saturated heterocycles. The van der Waals surface area contributed by atoms with E-state index in [1.807, 2.05) is 30.3 Å². The van der Waals surface area contributed by atoms with Crippen LogP contribution in [0.3, 0.4) is 0 Å². The molecule has 0 saturated carbocycles. The van der Waals surface area contributed by atoms with Gasteiger partial charge in [0.2, 0.25) is 0 Å². The molecule has 1 atom stereocenters. The molecule has 2 amide bonds. The van der Waals surface area contributed by atoms with Crippen LogP contribution in [0.5, 0.6) is 0 Å². The van der Waals surface area contributed by atoms with Crippen molar-refractivity contribution in [2.24, 2.45) is 0 Å². The Labute approximate surface area is 155 Å². The normalized spacial score (nSPS) is 17.6. The highest BCUT2D eigenvalue weighted by Gasteiger charge is 2.30. The largest absolute Gasteiger partial charge is 0.416 e. The summed E-state index contributed by atoms with van der Waals surface area (Å²) < 4.78 is 44.1. The molecule has 1 aliphatic rings. The van der Waals surface area contributed by atoms with Crippen molar-refractivity contribution >= 4 is 11.7 Å². The fourth-order valence-electron chi connectivity index (χ4n) is 3.03. The maximum Gasteiger partial charge on any atom is 0.416 e. The molecule has 0 bridgehead atoms. The Kier molecular flexibility index (Phi) is 6.01. The van der Waals surface area contributed by atoms with Crippen molar-refractivity contribution in [1.29, 1.82) is 0 Å². The summed E-state index contributed by atoms with van der Waals surface area (Å²) in [4.78, 5) is 14.1. The van der Waals surface area contributed by atoms with E-state index in [9.17, 15) is 18.0 Å². The Morgan fingerprint density at radius 1 is 1.15 bits per heavy atom. The summed E-state index contributed by atoms with van der Waals surface area (Å²) in [6.07, 6.45) is -3.01. The number of para-hydroxylation sites is 1. The first-order valence-corrected chi connectivity index (χ1v) is 8.80. The van der Waals surface area contributed by atoms with Crippen molar-refractivity contribution in [3.8, 4) is 0 Å². The van der Waals surface area contributed by atoms with Crippen LogP contribution in [0.4, 0.5) is 23.7 Å². The van der Waals surface area contributed by atoms with Gasteiger partial charge in [-0.25, -0.2) is 4.79 Å². The third-order valence-electron chi connectivity index (χ3n) is 4.43. The fraction of sp³-hybridized carbons (Fsp3) is 0.350. The number of piperidine rings is 1. The van der Waals surface area contributed by atoms with Gasteiger partial charge in [-0.15, -0.1) is 0 Å². The second-order valence-electron chi connectivity index (χ2n) is 6.52. The number of hydrogen-bond donors (Lipinski definition) is 1. The van der Waals surface area contributed by atoms with Gasteiger partial charge in [-0.3, -0.25) is 0 Å². The summed E-state index contributed by atoms with van der Waals surface area (Å²) in [5.41, 5.74) is 0.501. The molecular formula is C20H21F3N2O2. The van der Waals surface area contributed by atoms with Gasteiger partial charge >= 0.3 is 12.2 Å². The van der Waals surface area contributed by atoms with Gasteiger partial charge in [-0.05, 0) is 42.7 Å². The van der Waals surface area contributed by atoms with Crippen LogP contribution in [0.15, 0.2) is 54.6 Å². The Hall–Kier alpha value is -2.54. The molecule has 3 rings (SSSR count). The van der Waals surface area contributed by atoms with Crippen LogP contribution in [0.25, 0.3) is 0 Å². The van der Waals surface area contributed by atoms with Gasteiger partial charge in [0.1, 0.15) is 0 Å². The number of urea groups is 1. The fourth-order valence-corrected chi connectivity index (χ4v) is 3.03. The van der Waals surface area contributed by atoms with Crippen molar-refractivity contribution in [3.05, 3.63) is 65.7 Å². The molecule has 27 heavy (non-hydrogen) atoms. The summed E-state index contributed by atoms with van der Waals surface area (Å²) in [7, 11) is 0. The molecule has 2 aromatic rings. The van der Waals surface area contributed by atoms with E-state index in [1.54, 1.807) is 11.0 Å². The lowest BCUT2D eigenvalue weighted by Gasteiger charge is -2.32. The van der Waals surface area contributed by atoms with Crippen LogP contribution >= 0.6 is 0 Å². The van der Waals surface area contributed by atoms with E-state index in [0.29, 0.717) is 18.7 Å². The first-order valence-electron chi connectivity index (χ1n) is 8.80. The number of rotatable bonds is 4. The number of hydrogen-bond acceptors (Lipinski definition) is 2. The van der Waals surface area contributed by atoms with Crippen LogP contribution in [0.2, 0.25) is 0 Å². The van der Waals surface area contributed by atoms with Gasteiger partial charge < -0.3 is 15.0 Å².